The summed E-state index contributed by atoms with van der Waals surface area (Å²) in [5.74, 6) is -0.643. The van der Waals surface area contributed by atoms with Crippen LogP contribution >= 0.6 is 0 Å². The van der Waals surface area contributed by atoms with E-state index in [1.54, 1.807) is 43.1 Å². The number of halogens is 1. The number of hydrogen-bond donors (Lipinski definition) is 1. The number of nitrogens with zero attached hydrogens (tertiary/aromatic N) is 3. The number of carbonyl (C=O) groups is 2. The Morgan fingerprint density at radius 2 is 1.86 bits per heavy atom. The number of oxazole rings is 1. The highest BCUT2D eigenvalue weighted by Crippen LogP contribution is 2.23. The zero-order chi connectivity index (χ0) is 20.1. The zero-order valence-electron chi connectivity index (χ0n) is 15.5. The highest BCUT2D eigenvalue weighted by Gasteiger charge is 2.14. The Kier molecular flexibility index (Phi) is 5.78. The summed E-state index contributed by atoms with van der Waals surface area (Å²) in [4.78, 5) is 33.2. The molecular weight excluding hydrogens is 363 g/mol. The van der Waals surface area contributed by atoms with Crippen LogP contribution in [0.25, 0.3) is 11.5 Å². The fraction of sp³-hybridized carbons (Fsp3) is 0.200. The first-order chi connectivity index (χ1) is 13.5. The van der Waals surface area contributed by atoms with Crippen molar-refractivity contribution < 1.29 is 18.4 Å². The number of pyridine rings is 1. The second-order valence-electron chi connectivity index (χ2n) is 6.05. The van der Waals surface area contributed by atoms with Crippen molar-refractivity contribution in [3.8, 4) is 11.5 Å². The molecule has 0 aliphatic carbocycles. The third kappa shape index (κ3) is 4.40. The quantitative estimate of drug-likeness (QED) is 0.662. The minimum atomic E-state index is -0.578. The van der Waals surface area contributed by atoms with Crippen molar-refractivity contribution in [3.63, 3.8) is 0 Å². The first kappa shape index (κ1) is 19.2. The zero-order valence-corrected chi connectivity index (χ0v) is 15.5. The average Bonchev–Trinajstić information content (AvgIpc) is 3.22. The fourth-order valence-electron chi connectivity index (χ4n) is 2.50. The van der Waals surface area contributed by atoms with Crippen LogP contribution in [0.15, 0.2) is 53.2 Å². The standard InChI is InChI=1S/C20H19FN4O3/c1-3-18(26)25(2)15-7-5-14(6-8-15)20-24-12-16(28-20)19(27)23-11-13-4-9-17(21)22-10-13/h4-10,12H,3,11H2,1-2H3,(H,23,27). The van der Waals surface area contributed by atoms with Gasteiger partial charge in [0.25, 0.3) is 5.91 Å². The largest absolute Gasteiger partial charge is 0.431 e. The minimum absolute atomic E-state index is 0.0131. The van der Waals surface area contributed by atoms with Crippen LogP contribution in [0.1, 0.15) is 29.5 Å². The topological polar surface area (TPSA) is 88.3 Å². The second-order valence-corrected chi connectivity index (χ2v) is 6.05. The predicted octanol–water partition coefficient (Wildman–Crippen LogP) is 3.18. The van der Waals surface area contributed by atoms with Crippen LogP contribution in [0, 0.1) is 5.95 Å². The molecule has 0 bridgehead atoms. The van der Waals surface area contributed by atoms with Crippen LogP contribution in [-0.2, 0) is 11.3 Å². The van der Waals surface area contributed by atoms with Gasteiger partial charge in [-0.25, -0.2) is 9.97 Å². The van der Waals surface area contributed by atoms with Gasteiger partial charge in [-0.15, -0.1) is 0 Å². The molecule has 0 unspecified atom stereocenters. The van der Waals surface area contributed by atoms with Crippen LogP contribution in [0.4, 0.5) is 10.1 Å². The van der Waals surface area contributed by atoms with Gasteiger partial charge in [0.05, 0.1) is 6.20 Å². The molecule has 0 saturated heterocycles. The second kappa shape index (κ2) is 8.43. The van der Waals surface area contributed by atoms with Crippen LogP contribution in [-0.4, -0.2) is 28.8 Å². The molecule has 1 aromatic carbocycles. The summed E-state index contributed by atoms with van der Waals surface area (Å²) in [5, 5.41) is 2.66. The Bertz CT molecular complexity index is 968. The molecule has 144 valence electrons. The monoisotopic (exact) mass is 382 g/mol. The van der Waals surface area contributed by atoms with E-state index in [1.807, 2.05) is 0 Å². The van der Waals surface area contributed by atoms with Crippen molar-refractivity contribution in [2.24, 2.45) is 0 Å². The summed E-state index contributed by atoms with van der Waals surface area (Å²) < 4.78 is 18.3. The molecule has 0 spiro atoms. The van der Waals surface area contributed by atoms with Crippen LogP contribution < -0.4 is 10.2 Å². The van der Waals surface area contributed by atoms with E-state index in [0.29, 0.717) is 23.4 Å². The SMILES string of the molecule is CCC(=O)N(C)c1ccc(-c2ncc(C(=O)NCc3ccc(F)nc3)o2)cc1. The number of carbonyl (C=O) groups excluding carboxylic acids is 2. The number of benzene rings is 1. The van der Waals surface area contributed by atoms with Gasteiger partial charge in [0.15, 0.2) is 0 Å². The van der Waals surface area contributed by atoms with Gasteiger partial charge in [0.1, 0.15) is 0 Å². The molecule has 3 rings (SSSR count). The van der Waals surface area contributed by atoms with Crippen LogP contribution in [0.3, 0.4) is 0 Å². The normalized spacial score (nSPS) is 10.5. The third-order valence-electron chi connectivity index (χ3n) is 4.15. The number of nitrogens with one attached hydrogen (secondary N) is 1. The van der Waals surface area contributed by atoms with Gasteiger partial charge < -0.3 is 14.6 Å². The molecule has 0 saturated carbocycles. The van der Waals surface area contributed by atoms with E-state index in [4.69, 9.17) is 4.42 Å². The molecule has 0 aliphatic heterocycles. The summed E-state index contributed by atoms with van der Waals surface area (Å²) in [6.07, 6.45) is 3.11. The van der Waals surface area contributed by atoms with Gasteiger partial charge in [0, 0.05) is 37.5 Å². The van der Waals surface area contributed by atoms with Gasteiger partial charge in [-0.05, 0) is 35.9 Å². The van der Waals surface area contributed by atoms with E-state index < -0.39 is 11.9 Å². The molecule has 0 aliphatic rings. The van der Waals surface area contributed by atoms with Crippen molar-refractivity contribution in [2.75, 3.05) is 11.9 Å². The summed E-state index contributed by atoms with van der Waals surface area (Å²) in [6, 6.07) is 9.88. The van der Waals surface area contributed by atoms with Crippen LogP contribution in [0.5, 0.6) is 0 Å². The summed E-state index contributed by atoms with van der Waals surface area (Å²) in [5.41, 5.74) is 2.10. The van der Waals surface area contributed by atoms with Crippen molar-refractivity contribution in [3.05, 3.63) is 66.1 Å². The molecule has 7 nitrogen and oxygen atoms in total. The lowest BCUT2D eigenvalue weighted by atomic mass is 10.2. The Hall–Kier alpha value is -3.55. The van der Waals surface area contributed by atoms with E-state index in [1.165, 1.54) is 24.5 Å². The van der Waals surface area contributed by atoms with Gasteiger partial charge in [0.2, 0.25) is 23.5 Å². The molecule has 2 heterocycles. The molecule has 8 heteroatoms. The van der Waals surface area contributed by atoms with Crippen molar-refractivity contribution in [1.29, 1.82) is 0 Å². The van der Waals surface area contributed by atoms with Gasteiger partial charge in [-0.3, -0.25) is 9.59 Å². The number of aromatic nitrogens is 2. The maximum Gasteiger partial charge on any atom is 0.288 e. The third-order valence-corrected chi connectivity index (χ3v) is 4.15. The van der Waals surface area contributed by atoms with E-state index in [2.05, 4.69) is 15.3 Å². The highest BCUT2D eigenvalue weighted by atomic mass is 19.1. The number of rotatable bonds is 6. The van der Waals surface area contributed by atoms with E-state index in [0.717, 1.165) is 5.69 Å². The molecule has 0 atom stereocenters. The smallest absolute Gasteiger partial charge is 0.288 e. The van der Waals surface area contributed by atoms with E-state index in [-0.39, 0.29) is 18.2 Å². The Balaban J connectivity index is 1.65. The lowest BCUT2D eigenvalue weighted by molar-refractivity contribution is -0.118. The Morgan fingerprint density at radius 3 is 2.50 bits per heavy atom. The fourth-order valence-corrected chi connectivity index (χ4v) is 2.50. The first-order valence-electron chi connectivity index (χ1n) is 8.69. The summed E-state index contributed by atoms with van der Waals surface area (Å²) in [6.45, 7) is 1.99. The molecule has 0 fully saturated rings. The van der Waals surface area contributed by atoms with Gasteiger partial charge in [-0.2, -0.15) is 4.39 Å². The number of anilines is 1. The molecule has 2 amide bonds. The number of hydrogen-bond acceptors (Lipinski definition) is 5. The van der Waals surface area contributed by atoms with Crippen molar-refractivity contribution in [1.82, 2.24) is 15.3 Å². The first-order valence-corrected chi connectivity index (χ1v) is 8.69. The van der Waals surface area contributed by atoms with Crippen molar-refractivity contribution >= 4 is 17.5 Å². The molecular formula is C20H19FN4O3. The number of amides is 2. The maximum atomic E-state index is 12.8. The van der Waals surface area contributed by atoms with E-state index in [9.17, 15) is 14.0 Å². The summed E-state index contributed by atoms with van der Waals surface area (Å²) >= 11 is 0. The predicted molar refractivity (Wildman–Crippen MR) is 101 cm³/mol. The molecule has 2 aromatic heterocycles. The maximum absolute atomic E-state index is 12.8. The minimum Gasteiger partial charge on any atom is -0.431 e. The lowest BCUT2D eigenvalue weighted by Gasteiger charge is -2.16. The van der Waals surface area contributed by atoms with E-state index >= 15 is 0 Å². The molecule has 3 aromatic rings. The molecule has 0 radical (unpaired) electrons. The molecule has 1 N–H and O–H groups in total. The highest BCUT2D eigenvalue weighted by molar-refractivity contribution is 5.93. The summed E-state index contributed by atoms with van der Waals surface area (Å²) in [7, 11) is 1.71. The van der Waals surface area contributed by atoms with Gasteiger partial charge in [-0.1, -0.05) is 13.0 Å². The Morgan fingerprint density at radius 1 is 1.11 bits per heavy atom. The average molecular weight is 382 g/mol. The van der Waals surface area contributed by atoms with Gasteiger partial charge >= 0.3 is 0 Å². The van der Waals surface area contributed by atoms with Crippen molar-refractivity contribution in [2.45, 2.75) is 19.9 Å². The molecule has 28 heavy (non-hydrogen) atoms. The lowest BCUT2D eigenvalue weighted by Crippen LogP contribution is -2.24. The van der Waals surface area contributed by atoms with Crippen LogP contribution in [0.2, 0.25) is 0 Å². The Labute approximate surface area is 161 Å².